The van der Waals surface area contributed by atoms with Crippen LogP contribution in [0.3, 0.4) is 0 Å². The minimum absolute atomic E-state index is 0.0362. The summed E-state index contributed by atoms with van der Waals surface area (Å²) < 4.78 is 11.3. The molecule has 2 aromatic heterocycles. The van der Waals surface area contributed by atoms with E-state index in [-0.39, 0.29) is 5.91 Å². The van der Waals surface area contributed by atoms with Crippen LogP contribution in [-0.4, -0.2) is 34.5 Å². The summed E-state index contributed by atoms with van der Waals surface area (Å²) in [6.45, 7) is 8.75. The van der Waals surface area contributed by atoms with Crippen LogP contribution in [-0.2, 0) is 6.54 Å². The summed E-state index contributed by atoms with van der Waals surface area (Å²) in [5.41, 5.74) is 4.72. The number of allylic oxidation sites excluding steroid dienone is 2. The van der Waals surface area contributed by atoms with Crippen molar-refractivity contribution >= 4 is 5.91 Å². The van der Waals surface area contributed by atoms with Gasteiger partial charge in [0.2, 0.25) is 0 Å². The number of pyridine rings is 2. The van der Waals surface area contributed by atoms with E-state index in [4.69, 9.17) is 14.5 Å². The fraction of sp³-hybridized carbons (Fsp3) is 0.348. The highest BCUT2D eigenvalue weighted by molar-refractivity contribution is 6.00. The van der Waals surface area contributed by atoms with Crippen LogP contribution in [0, 0.1) is 12.8 Å². The molecule has 1 amide bonds. The molecule has 1 aliphatic carbocycles. The molecule has 2 aliphatic rings. The quantitative estimate of drug-likeness (QED) is 0.659. The Morgan fingerprint density at radius 3 is 2.83 bits per heavy atom. The Hall–Kier alpha value is -3.15. The Morgan fingerprint density at radius 1 is 1.38 bits per heavy atom. The van der Waals surface area contributed by atoms with Gasteiger partial charge in [0.1, 0.15) is 0 Å². The number of aromatic nitrogens is 2. The van der Waals surface area contributed by atoms with Crippen molar-refractivity contribution in [2.75, 3.05) is 13.7 Å². The average Bonchev–Trinajstić information content (AvgIpc) is 3.50. The Morgan fingerprint density at radius 2 is 2.17 bits per heavy atom. The molecule has 0 bridgehead atoms. The van der Waals surface area contributed by atoms with Crippen molar-refractivity contribution in [3.63, 3.8) is 0 Å². The highest BCUT2D eigenvalue weighted by atomic mass is 16.5. The second kappa shape index (κ2) is 7.70. The maximum Gasteiger partial charge on any atom is 0.260 e. The average molecular weight is 391 g/mol. The van der Waals surface area contributed by atoms with Crippen LogP contribution in [0.25, 0.3) is 11.3 Å². The van der Waals surface area contributed by atoms with Gasteiger partial charge in [0.05, 0.1) is 37.2 Å². The van der Waals surface area contributed by atoms with Crippen LogP contribution in [0.15, 0.2) is 42.8 Å². The molecule has 2 aromatic rings. The van der Waals surface area contributed by atoms with Gasteiger partial charge in [-0.15, -0.1) is 0 Å². The molecule has 0 aromatic carbocycles. The fourth-order valence-electron chi connectivity index (χ4n) is 3.56. The molecule has 0 unspecified atom stereocenters. The Labute approximate surface area is 170 Å². The molecule has 0 saturated heterocycles. The third-order valence-electron chi connectivity index (χ3n) is 5.35. The summed E-state index contributed by atoms with van der Waals surface area (Å²) in [4.78, 5) is 23.7. The number of nitrogens with zero attached hydrogens (tertiary/aromatic N) is 3. The SMILES string of the molecule is C=C/C(=C\C)N1Cc2nc(-c3cnc(OC)c(OCC4CC4)c3)cc(C)c2C1=O. The highest BCUT2D eigenvalue weighted by Gasteiger charge is 2.32. The van der Waals surface area contributed by atoms with Crippen LogP contribution in [0.4, 0.5) is 0 Å². The molecule has 1 aliphatic heterocycles. The number of carbonyl (C=O) groups excluding carboxylic acids is 1. The van der Waals surface area contributed by atoms with Crippen molar-refractivity contribution in [2.45, 2.75) is 33.2 Å². The first-order valence-electron chi connectivity index (χ1n) is 9.84. The van der Waals surface area contributed by atoms with Crippen molar-refractivity contribution in [3.05, 3.63) is 59.6 Å². The van der Waals surface area contributed by atoms with Crippen molar-refractivity contribution in [3.8, 4) is 22.9 Å². The first kappa shape index (κ1) is 19.2. The van der Waals surface area contributed by atoms with E-state index in [0.717, 1.165) is 28.2 Å². The van der Waals surface area contributed by atoms with Crippen LogP contribution in [0.2, 0.25) is 0 Å². The molecule has 150 valence electrons. The number of carbonyl (C=O) groups is 1. The maximum atomic E-state index is 12.9. The van der Waals surface area contributed by atoms with Gasteiger partial charge in [-0.05, 0) is 56.4 Å². The Kier molecular flexibility index (Phi) is 5.09. The van der Waals surface area contributed by atoms with E-state index in [0.29, 0.717) is 36.3 Å². The molecule has 6 heteroatoms. The third kappa shape index (κ3) is 3.62. The number of aryl methyl sites for hydroxylation is 1. The number of rotatable bonds is 7. The van der Waals surface area contributed by atoms with E-state index in [1.807, 2.05) is 32.1 Å². The largest absolute Gasteiger partial charge is 0.488 e. The van der Waals surface area contributed by atoms with Gasteiger partial charge in [0.15, 0.2) is 5.75 Å². The molecule has 0 spiro atoms. The monoisotopic (exact) mass is 391 g/mol. The first-order valence-corrected chi connectivity index (χ1v) is 9.84. The lowest BCUT2D eigenvalue weighted by Gasteiger charge is -2.15. The van der Waals surface area contributed by atoms with E-state index in [1.54, 1.807) is 24.3 Å². The summed E-state index contributed by atoms with van der Waals surface area (Å²) in [7, 11) is 1.59. The Bertz CT molecular complexity index is 1010. The molecule has 3 heterocycles. The standard InChI is InChI=1S/C23H25N3O3/c1-5-17(6-2)26-12-19-21(23(26)27)14(3)9-18(25-19)16-10-20(22(28-4)24-11-16)29-13-15-7-8-15/h5-6,9-11,15H,1,7-8,12-13H2,2-4H3/b17-6+. The zero-order valence-corrected chi connectivity index (χ0v) is 17.1. The number of methoxy groups -OCH3 is 1. The molecule has 6 nitrogen and oxygen atoms in total. The molecular formula is C23H25N3O3. The van der Waals surface area contributed by atoms with Gasteiger partial charge in [0.25, 0.3) is 11.8 Å². The third-order valence-corrected chi connectivity index (χ3v) is 5.35. The van der Waals surface area contributed by atoms with Gasteiger partial charge in [-0.3, -0.25) is 9.78 Å². The van der Waals surface area contributed by atoms with E-state index < -0.39 is 0 Å². The zero-order valence-electron chi connectivity index (χ0n) is 17.1. The van der Waals surface area contributed by atoms with Gasteiger partial charge >= 0.3 is 0 Å². The maximum absolute atomic E-state index is 12.9. The van der Waals surface area contributed by atoms with Crippen molar-refractivity contribution in [1.29, 1.82) is 0 Å². The molecule has 29 heavy (non-hydrogen) atoms. The number of amides is 1. The minimum atomic E-state index is -0.0362. The van der Waals surface area contributed by atoms with Gasteiger partial charge in [-0.2, -0.15) is 0 Å². The zero-order chi connectivity index (χ0) is 20.5. The number of hydrogen-bond donors (Lipinski definition) is 0. The van der Waals surface area contributed by atoms with E-state index >= 15 is 0 Å². The summed E-state index contributed by atoms with van der Waals surface area (Å²) in [5.74, 6) is 1.69. The smallest absolute Gasteiger partial charge is 0.260 e. The van der Waals surface area contributed by atoms with Crippen LogP contribution < -0.4 is 9.47 Å². The summed E-state index contributed by atoms with van der Waals surface area (Å²) >= 11 is 0. The van der Waals surface area contributed by atoms with Crippen molar-refractivity contribution in [1.82, 2.24) is 14.9 Å². The molecule has 1 fully saturated rings. The van der Waals surface area contributed by atoms with Gasteiger partial charge in [-0.25, -0.2) is 4.98 Å². The first-order chi connectivity index (χ1) is 14.0. The number of fused-ring (bicyclic) bond motifs is 1. The molecule has 0 N–H and O–H groups in total. The van der Waals surface area contributed by atoms with Gasteiger partial charge < -0.3 is 14.4 Å². The summed E-state index contributed by atoms with van der Waals surface area (Å²) in [6, 6.07) is 3.84. The molecular weight excluding hydrogens is 366 g/mol. The van der Waals surface area contributed by atoms with Crippen LogP contribution >= 0.6 is 0 Å². The lowest BCUT2D eigenvalue weighted by atomic mass is 10.0. The van der Waals surface area contributed by atoms with E-state index in [9.17, 15) is 4.79 Å². The minimum Gasteiger partial charge on any atom is -0.488 e. The van der Waals surface area contributed by atoms with E-state index in [2.05, 4.69) is 11.6 Å². The normalized spacial score (nSPS) is 16.0. The summed E-state index contributed by atoms with van der Waals surface area (Å²) in [5, 5.41) is 0. The van der Waals surface area contributed by atoms with Gasteiger partial charge in [-0.1, -0.05) is 12.7 Å². The molecule has 1 saturated carbocycles. The number of hydrogen-bond acceptors (Lipinski definition) is 5. The predicted octanol–water partition coefficient (Wildman–Crippen LogP) is 4.30. The molecule has 0 radical (unpaired) electrons. The Balaban J connectivity index is 1.68. The molecule has 4 rings (SSSR count). The van der Waals surface area contributed by atoms with Crippen LogP contribution in [0.5, 0.6) is 11.6 Å². The lowest BCUT2D eigenvalue weighted by molar-refractivity contribution is 0.0830. The lowest BCUT2D eigenvalue weighted by Crippen LogP contribution is -2.22. The second-order valence-electron chi connectivity index (χ2n) is 7.44. The number of ether oxygens (including phenoxy) is 2. The van der Waals surface area contributed by atoms with Crippen molar-refractivity contribution < 1.29 is 14.3 Å². The second-order valence-corrected chi connectivity index (χ2v) is 7.44. The van der Waals surface area contributed by atoms with Crippen molar-refractivity contribution in [2.24, 2.45) is 5.92 Å². The van der Waals surface area contributed by atoms with Crippen LogP contribution in [0.1, 0.15) is 41.4 Å². The summed E-state index contributed by atoms with van der Waals surface area (Å²) in [6.07, 6.45) is 7.72. The highest BCUT2D eigenvalue weighted by Crippen LogP contribution is 2.35. The topological polar surface area (TPSA) is 64.6 Å². The van der Waals surface area contributed by atoms with E-state index in [1.165, 1.54) is 12.8 Å². The predicted molar refractivity (Wildman–Crippen MR) is 111 cm³/mol. The fourth-order valence-corrected chi connectivity index (χ4v) is 3.56. The molecule has 0 atom stereocenters. The van der Waals surface area contributed by atoms with Gasteiger partial charge in [0, 0.05) is 17.5 Å².